The summed E-state index contributed by atoms with van der Waals surface area (Å²) in [5, 5.41) is 11.1. The molecule has 4 aromatic rings. The third-order valence-corrected chi connectivity index (χ3v) is 6.48. The molecule has 2 aromatic carbocycles. The molecule has 0 fully saturated rings. The number of halogens is 1. The number of nitrogens with zero attached hydrogens (tertiary/aromatic N) is 2. The first-order valence-electron chi connectivity index (χ1n) is 9.59. The van der Waals surface area contributed by atoms with Crippen LogP contribution in [-0.4, -0.2) is 36.6 Å². The molecule has 30 heavy (non-hydrogen) atoms. The molecule has 0 unspecified atom stereocenters. The molecule has 0 saturated carbocycles. The number of rotatable bonds is 6. The smallest absolute Gasteiger partial charge is 0.257 e. The zero-order valence-electron chi connectivity index (χ0n) is 17.0. The summed E-state index contributed by atoms with van der Waals surface area (Å²) in [6, 6.07) is 15.7. The molecule has 1 amide bonds. The molecule has 1 N–H and O–H groups in total. The highest BCUT2D eigenvalue weighted by atomic mass is 35.5. The first-order valence-corrected chi connectivity index (χ1v) is 10.8. The van der Waals surface area contributed by atoms with E-state index in [4.69, 9.17) is 16.1 Å². The number of carbonyl (C=O) groups is 1. The predicted octanol–water partition coefficient (Wildman–Crippen LogP) is 5.55. The van der Waals surface area contributed by atoms with Gasteiger partial charge < -0.3 is 14.7 Å². The Kier molecular flexibility index (Phi) is 5.90. The van der Waals surface area contributed by atoms with Gasteiger partial charge in [-0.3, -0.25) is 4.79 Å². The molecule has 0 aliphatic carbocycles. The molecular weight excluding hydrogens is 418 g/mol. The van der Waals surface area contributed by atoms with Gasteiger partial charge in [-0.25, -0.2) is 0 Å². The summed E-state index contributed by atoms with van der Waals surface area (Å²) < 4.78 is 6.57. The van der Waals surface area contributed by atoms with Gasteiger partial charge in [-0.1, -0.05) is 53.2 Å². The average Bonchev–Trinajstić information content (AvgIpc) is 3.32. The van der Waals surface area contributed by atoms with Crippen LogP contribution in [0.1, 0.15) is 27.7 Å². The summed E-state index contributed by atoms with van der Waals surface area (Å²) in [6.45, 7) is 2.19. The van der Waals surface area contributed by atoms with Gasteiger partial charge in [-0.2, -0.15) is 0 Å². The Hall–Kier alpha value is -2.67. The number of aromatic nitrogens is 1. The number of aryl methyl sites for hydroxylation is 1. The van der Waals surface area contributed by atoms with Crippen LogP contribution in [-0.2, 0) is 0 Å². The maximum Gasteiger partial charge on any atom is 0.257 e. The molecule has 0 saturated heterocycles. The minimum Gasteiger partial charge on any atom is -0.360 e. The molecule has 0 spiro atoms. The van der Waals surface area contributed by atoms with Gasteiger partial charge in [0.2, 0.25) is 0 Å². The summed E-state index contributed by atoms with van der Waals surface area (Å²) in [5.74, 6) is 0.236. The number of thiophene rings is 1. The van der Waals surface area contributed by atoms with Gasteiger partial charge in [0.15, 0.2) is 0 Å². The van der Waals surface area contributed by atoms with Crippen molar-refractivity contribution in [3.05, 3.63) is 75.8 Å². The van der Waals surface area contributed by atoms with Crippen molar-refractivity contribution >= 4 is 38.9 Å². The molecular formula is C23H22ClN3O2S. The van der Waals surface area contributed by atoms with Crippen molar-refractivity contribution in [3.63, 3.8) is 0 Å². The normalized spacial score (nSPS) is 12.4. The molecule has 0 aliphatic heterocycles. The fourth-order valence-corrected chi connectivity index (χ4v) is 4.81. The monoisotopic (exact) mass is 439 g/mol. The van der Waals surface area contributed by atoms with E-state index in [9.17, 15) is 4.79 Å². The first kappa shape index (κ1) is 20.6. The van der Waals surface area contributed by atoms with Crippen LogP contribution in [0.2, 0.25) is 5.02 Å². The topological polar surface area (TPSA) is 58.4 Å². The van der Waals surface area contributed by atoms with Crippen LogP contribution in [0.5, 0.6) is 0 Å². The SMILES string of the molecule is Cc1onc(-c2ccccc2Cl)c1C(=O)NC[C@H](c1csc2ccccc12)N(C)C. The minimum atomic E-state index is -0.227. The number of amides is 1. The highest BCUT2D eigenvalue weighted by Crippen LogP contribution is 2.33. The number of hydrogen-bond acceptors (Lipinski definition) is 5. The first-order chi connectivity index (χ1) is 14.5. The zero-order valence-corrected chi connectivity index (χ0v) is 18.6. The number of carbonyl (C=O) groups excluding carboxylic acids is 1. The number of benzene rings is 2. The lowest BCUT2D eigenvalue weighted by molar-refractivity contribution is 0.0941. The van der Waals surface area contributed by atoms with Crippen molar-refractivity contribution in [2.24, 2.45) is 0 Å². The van der Waals surface area contributed by atoms with E-state index in [-0.39, 0.29) is 11.9 Å². The van der Waals surface area contributed by atoms with E-state index in [2.05, 4.69) is 32.9 Å². The quantitative estimate of drug-likeness (QED) is 0.428. The molecule has 0 radical (unpaired) electrons. The Morgan fingerprint density at radius 3 is 2.70 bits per heavy atom. The summed E-state index contributed by atoms with van der Waals surface area (Å²) in [6.07, 6.45) is 0. The maximum atomic E-state index is 13.1. The van der Waals surface area contributed by atoms with E-state index < -0.39 is 0 Å². The lowest BCUT2D eigenvalue weighted by atomic mass is 10.0. The minimum absolute atomic E-state index is 0.0361. The summed E-state index contributed by atoms with van der Waals surface area (Å²) >= 11 is 8.03. The van der Waals surface area contributed by atoms with Crippen LogP contribution in [0, 0.1) is 6.92 Å². The van der Waals surface area contributed by atoms with Crippen molar-refractivity contribution in [2.75, 3.05) is 20.6 Å². The molecule has 154 valence electrons. The lowest BCUT2D eigenvalue weighted by Crippen LogP contribution is -2.34. The van der Waals surface area contributed by atoms with E-state index in [1.54, 1.807) is 24.3 Å². The number of fused-ring (bicyclic) bond motifs is 1. The fraction of sp³-hybridized carbons (Fsp3) is 0.217. The van der Waals surface area contributed by atoms with Gasteiger partial charge in [-0.05, 0) is 49.5 Å². The fourth-order valence-electron chi connectivity index (χ4n) is 3.58. The van der Waals surface area contributed by atoms with Gasteiger partial charge in [0.1, 0.15) is 17.0 Å². The van der Waals surface area contributed by atoms with Crippen molar-refractivity contribution in [1.82, 2.24) is 15.4 Å². The Bertz CT molecular complexity index is 1200. The second-order valence-electron chi connectivity index (χ2n) is 7.32. The van der Waals surface area contributed by atoms with E-state index in [1.807, 2.05) is 44.4 Å². The highest BCUT2D eigenvalue weighted by Gasteiger charge is 2.25. The Morgan fingerprint density at radius 1 is 1.20 bits per heavy atom. The van der Waals surface area contributed by atoms with Gasteiger partial charge in [0.25, 0.3) is 5.91 Å². The van der Waals surface area contributed by atoms with Crippen molar-refractivity contribution in [2.45, 2.75) is 13.0 Å². The number of hydrogen-bond donors (Lipinski definition) is 1. The molecule has 5 nitrogen and oxygen atoms in total. The van der Waals surface area contributed by atoms with Crippen LogP contribution < -0.4 is 5.32 Å². The van der Waals surface area contributed by atoms with E-state index in [1.165, 1.54) is 15.6 Å². The number of likely N-dealkylation sites (N-methyl/N-ethyl adjacent to an activating group) is 1. The molecule has 0 bridgehead atoms. The van der Waals surface area contributed by atoms with E-state index in [0.717, 1.165) is 0 Å². The molecule has 4 rings (SSSR count). The zero-order chi connectivity index (χ0) is 21.3. The van der Waals surface area contributed by atoms with Crippen LogP contribution in [0.25, 0.3) is 21.3 Å². The van der Waals surface area contributed by atoms with Gasteiger partial charge >= 0.3 is 0 Å². The van der Waals surface area contributed by atoms with Gasteiger partial charge in [-0.15, -0.1) is 11.3 Å². The molecule has 2 aromatic heterocycles. The van der Waals surface area contributed by atoms with Crippen molar-refractivity contribution < 1.29 is 9.32 Å². The highest BCUT2D eigenvalue weighted by molar-refractivity contribution is 7.17. The number of nitrogens with one attached hydrogen (secondary N) is 1. The largest absolute Gasteiger partial charge is 0.360 e. The third-order valence-electron chi connectivity index (χ3n) is 5.17. The summed E-state index contributed by atoms with van der Waals surface area (Å²) in [5.41, 5.74) is 2.75. The lowest BCUT2D eigenvalue weighted by Gasteiger charge is -2.24. The van der Waals surface area contributed by atoms with Crippen LogP contribution in [0.3, 0.4) is 0 Å². The Balaban J connectivity index is 1.60. The predicted molar refractivity (Wildman–Crippen MR) is 122 cm³/mol. The van der Waals surface area contributed by atoms with Crippen LogP contribution >= 0.6 is 22.9 Å². The molecule has 1 atom stereocenters. The van der Waals surface area contributed by atoms with E-state index in [0.29, 0.717) is 34.1 Å². The van der Waals surface area contributed by atoms with Crippen LogP contribution in [0.4, 0.5) is 0 Å². The van der Waals surface area contributed by atoms with Crippen molar-refractivity contribution in [3.8, 4) is 11.3 Å². The Labute approximate surface area is 184 Å². The molecule has 7 heteroatoms. The second-order valence-corrected chi connectivity index (χ2v) is 8.64. The van der Waals surface area contributed by atoms with Gasteiger partial charge in [0.05, 0.1) is 11.1 Å². The molecule has 2 heterocycles. The second kappa shape index (κ2) is 8.60. The van der Waals surface area contributed by atoms with Crippen molar-refractivity contribution in [1.29, 1.82) is 0 Å². The Morgan fingerprint density at radius 2 is 1.93 bits per heavy atom. The van der Waals surface area contributed by atoms with E-state index >= 15 is 0 Å². The van der Waals surface area contributed by atoms with Crippen LogP contribution in [0.15, 0.2) is 58.4 Å². The van der Waals surface area contributed by atoms with Gasteiger partial charge in [0, 0.05) is 16.8 Å². The molecule has 0 aliphatic rings. The average molecular weight is 440 g/mol. The maximum absolute atomic E-state index is 13.1. The standard InChI is InChI=1S/C23H22ClN3O2S/c1-14-21(22(26-29-14)16-9-4-6-10-18(16)24)23(28)25-12-19(27(2)3)17-13-30-20-11-7-5-8-15(17)20/h4-11,13,19H,12H2,1-3H3,(H,25,28)/t19-/m1/s1. The summed E-state index contributed by atoms with van der Waals surface area (Å²) in [7, 11) is 4.03. The third kappa shape index (κ3) is 3.86. The summed E-state index contributed by atoms with van der Waals surface area (Å²) in [4.78, 5) is 15.2.